The van der Waals surface area contributed by atoms with Crippen LogP contribution in [-0.2, 0) is 11.3 Å². The smallest absolute Gasteiger partial charge is 0.232 e. The monoisotopic (exact) mass is 292 g/mol. The molecule has 2 rings (SSSR count). The molecule has 0 N–H and O–H groups in total. The molecule has 1 heterocycles. The molecule has 3 nitrogen and oxygen atoms in total. The minimum Gasteiger partial charge on any atom is -0.310 e. The van der Waals surface area contributed by atoms with Crippen LogP contribution in [0.1, 0.15) is 26.3 Å². The summed E-state index contributed by atoms with van der Waals surface area (Å²) >= 11 is 1.84. The SMILES string of the molecule is CN(C)Cc1ccc2c(c1)N(C(=O)C(C)(C)C)CCS2. The summed E-state index contributed by atoms with van der Waals surface area (Å²) in [6.07, 6.45) is 0. The van der Waals surface area contributed by atoms with Crippen molar-refractivity contribution in [1.29, 1.82) is 0 Å². The van der Waals surface area contributed by atoms with Crippen LogP contribution >= 0.6 is 11.8 Å². The highest BCUT2D eigenvalue weighted by Crippen LogP contribution is 2.37. The minimum absolute atomic E-state index is 0.209. The Morgan fingerprint density at radius 2 is 2.05 bits per heavy atom. The van der Waals surface area contributed by atoms with Crippen LogP contribution in [0.5, 0.6) is 0 Å². The Kier molecular flexibility index (Phi) is 4.45. The highest BCUT2D eigenvalue weighted by molar-refractivity contribution is 7.99. The van der Waals surface area contributed by atoms with E-state index >= 15 is 0 Å². The molecule has 1 amide bonds. The van der Waals surface area contributed by atoms with E-state index in [9.17, 15) is 4.79 Å². The van der Waals surface area contributed by atoms with Crippen molar-refractivity contribution in [3.63, 3.8) is 0 Å². The highest BCUT2D eigenvalue weighted by atomic mass is 32.2. The summed E-state index contributed by atoms with van der Waals surface area (Å²) < 4.78 is 0. The quantitative estimate of drug-likeness (QED) is 0.836. The molecule has 0 bridgehead atoms. The van der Waals surface area contributed by atoms with E-state index in [1.54, 1.807) is 0 Å². The highest BCUT2D eigenvalue weighted by Gasteiger charge is 2.31. The van der Waals surface area contributed by atoms with E-state index in [0.29, 0.717) is 0 Å². The van der Waals surface area contributed by atoms with Gasteiger partial charge in [-0.05, 0) is 31.8 Å². The Bertz CT molecular complexity index is 506. The third-order valence-corrected chi connectivity index (χ3v) is 4.32. The molecule has 1 aliphatic rings. The Labute approximate surface area is 126 Å². The number of hydrogen-bond acceptors (Lipinski definition) is 3. The van der Waals surface area contributed by atoms with E-state index in [1.165, 1.54) is 10.5 Å². The molecule has 0 atom stereocenters. The van der Waals surface area contributed by atoms with Gasteiger partial charge in [-0.3, -0.25) is 4.79 Å². The van der Waals surface area contributed by atoms with E-state index < -0.39 is 0 Å². The molecule has 1 aromatic carbocycles. The van der Waals surface area contributed by atoms with Gasteiger partial charge in [0, 0.05) is 29.2 Å². The van der Waals surface area contributed by atoms with Crippen LogP contribution in [0.3, 0.4) is 0 Å². The summed E-state index contributed by atoms with van der Waals surface area (Å²) in [5.74, 6) is 1.18. The largest absolute Gasteiger partial charge is 0.310 e. The Morgan fingerprint density at radius 1 is 1.35 bits per heavy atom. The normalized spacial score (nSPS) is 15.4. The fraction of sp³-hybridized carbons (Fsp3) is 0.562. The molecule has 4 heteroatoms. The third-order valence-electron chi connectivity index (χ3n) is 3.27. The van der Waals surface area contributed by atoms with Crippen molar-refractivity contribution in [2.24, 2.45) is 5.41 Å². The average Bonchev–Trinajstić information content (AvgIpc) is 2.35. The molecular formula is C16H24N2OS. The second kappa shape index (κ2) is 5.78. The molecule has 0 aromatic heterocycles. The Morgan fingerprint density at radius 3 is 2.65 bits per heavy atom. The van der Waals surface area contributed by atoms with Gasteiger partial charge in [-0.2, -0.15) is 0 Å². The van der Waals surface area contributed by atoms with Crippen LogP contribution in [-0.4, -0.2) is 37.2 Å². The standard InChI is InChI=1S/C16H24N2OS/c1-16(2,3)15(19)18-8-9-20-14-7-6-12(10-13(14)18)11-17(4)5/h6-7,10H,8-9,11H2,1-5H3. The van der Waals surface area contributed by atoms with Gasteiger partial charge in [0.1, 0.15) is 0 Å². The summed E-state index contributed by atoms with van der Waals surface area (Å²) in [6.45, 7) is 7.66. The minimum atomic E-state index is -0.336. The number of rotatable bonds is 2. The van der Waals surface area contributed by atoms with Gasteiger partial charge < -0.3 is 9.80 Å². The first-order chi connectivity index (χ1) is 9.29. The maximum Gasteiger partial charge on any atom is 0.232 e. The first-order valence-electron chi connectivity index (χ1n) is 7.01. The van der Waals surface area contributed by atoms with Crippen LogP contribution in [0.25, 0.3) is 0 Å². The number of carbonyl (C=O) groups is 1. The maximum absolute atomic E-state index is 12.6. The number of benzene rings is 1. The first-order valence-corrected chi connectivity index (χ1v) is 8.00. The van der Waals surface area contributed by atoms with Crippen molar-refractivity contribution in [1.82, 2.24) is 4.90 Å². The number of hydrogen-bond donors (Lipinski definition) is 0. The number of carbonyl (C=O) groups excluding carboxylic acids is 1. The summed E-state index contributed by atoms with van der Waals surface area (Å²) in [5, 5.41) is 0. The summed E-state index contributed by atoms with van der Waals surface area (Å²) in [5.41, 5.74) is 2.00. The number of nitrogens with zero attached hydrogens (tertiary/aromatic N) is 2. The fourth-order valence-corrected chi connectivity index (χ4v) is 3.32. The van der Waals surface area contributed by atoms with Gasteiger partial charge in [0.25, 0.3) is 0 Å². The zero-order valence-corrected chi connectivity index (χ0v) is 13.9. The zero-order chi connectivity index (χ0) is 14.9. The summed E-state index contributed by atoms with van der Waals surface area (Å²) in [4.78, 5) is 18.0. The molecule has 110 valence electrons. The van der Waals surface area contributed by atoms with E-state index in [2.05, 4.69) is 37.2 Å². The summed E-state index contributed by atoms with van der Waals surface area (Å²) in [6, 6.07) is 6.49. The number of amides is 1. The average molecular weight is 292 g/mol. The van der Waals surface area contributed by atoms with Gasteiger partial charge in [-0.25, -0.2) is 0 Å². The lowest BCUT2D eigenvalue weighted by Gasteiger charge is -2.34. The lowest BCUT2D eigenvalue weighted by Crippen LogP contribution is -2.42. The molecule has 0 saturated heterocycles. The third kappa shape index (κ3) is 3.36. The van der Waals surface area contributed by atoms with E-state index in [0.717, 1.165) is 24.5 Å². The van der Waals surface area contributed by atoms with Crippen LogP contribution in [0.4, 0.5) is 5.69 Å². The van der Waals surface area contributed by atoms with Crippen molar-refractivity contribution in [2.45, 2.75) is 32.2 Å². The molecular weight excluding hydrogens is 268 g/mol. The molecule has 0 spiro atoms. The van der Waals surface area contributed by atoms with Crippen LogP contribution < -0.4 is 4.90 Å². The first kappa shape index (κ1) is 15.4. The van der Waals surface area contributed by atoms with Crippen molar-refractivity contribution in [3.8, 4) is 0 Å². The van der Waals surface area contributed by atoms with Gasteiger partial charge in [0.2, 0.25) is 5.91 Å². The molecule has 0 aliphatic carbocycles. The van der Waals surface area contributed by atoms with Gasteiger partial charge in [-0.1, -0.05) is 26.8 Å². The van der Waals surface area contributed by atoms with Crippen LogP contribution in [0.15, 0.2) is 23.1 Å². The Balaban J connectivity index is 2.35. The summed E-state index contributed by atoms with van der Waals surface area (Å²) in [7, 11) is 4.12. The molecule has 0 radical (unpaired) electrons. The van der Waals surface area contributed by atoms with Gasteiger partial charge in [0.15, 0.2) is 0 Å². The van der Waals surface area contributed by atoms with Crippen molar-refractivity contribution >= 4 is 23.4 Å². The van der Waals surface area contributed by atoms with Gasteiger partial charge in [0.05, 0.1) is 5.69 Å². The van der Waals surface area contributed by atoms with Crippen LogP contribution in [0.2, 0.25) is 0 Å². The fourth-order valence-electron chi connectivity index (χ4n) is 2.34. The predicted molar refractivity (Wildman–Crippen MR) is 86.4 cm³/mol. The zero-order valence-electron chi connectivity index (χ0n) is 13.1. The molecule has 1 aromatic rings. The Hall–Kier alpha value is -1.000. The lowest BCUT2D eigenvalue weighted by molar-refractivity contribution is -0.125. The maximum atomic E-state index is 12.6. The number of anilines is 1. The van der Waals surface area contributed by atoms with Gasteiger partial charge >= 0.3 is 0 Å². The van der Waals surface area contributed by atoms with E-state index in [4.69, 9.17) is 0 Å². The second-order valence-corrected chi connectivity index (χ2v) is 7.73. The molecule has 20 heavy (non-hydrogen) atoms. The number of thioether (sulfide) groups is 1. The molecule has 0 fully saturated rings. The van der Waals surface area contributed by atoms with Gasteiger partial charge in [-0.15, -0.1) is 11.8 Å². The van der Waals surface area contributed by atoms with Crippen molar-refractivity contribution in [3.05, 3.63) is 23.8 Å². The van der Waals surface area contributed by atoms with E-state index in [1.807, 2.05) is 37.4 Å². The molecule has 1 aliphatic heterocycles. The molecule has 0 saturated carbocycles. The van der Waals surface area contributed by atoms with E-state index in [-0.39, 0.29) is 11.3 Å². The predicted octanol–water partition coefficient (Wildman–Crippen LogP) is 3.23. The topological polar surface area (TPSA) is 23.6 Å². The second-order valence-electron chi connectivity index (χ2n) is 6.60. The van der Waals surface area contributed by atoms with Crippen molar-refractivity contribution in [2.75, 3.05) is 31.3 Å². The van der Waals surface area contributed by atoms with Crippen molar-refractivity contribution < 1.29 is 4.79 Å². The lowest BCUT2D eigenvalue weighted by atomic mass is 9.94. The molecule has 0 unspecified atom stereocenters. The number of fused-ring (bicyclic) bond motifs is 1. The van der Waals surface area contributed by atoms with Crippen LogP contribution in [0, 0.1) is 5.41 Å².